The van der Waals surface area contributed by atoms with E-state index in [1.807, 2.05) is 17.0 Å². The van der Waals surface area contributed by atoms with Gasteiger partial charge in [0, 0.05) is 51.2 Å². The van der Waals surface area contributed by atoms with Gasteiger partial charge in [-0.2, -0.15) is 0 Å². The number of rotatable bonds is 3. The van der Waals surface area contributed by atoms with Gasteiger partial charge < -0.3 is 14.7 Å². The highest BCUT2D eigenvalue weighted by atomic mass is 16.2. The van der Waals surface area contributed by atoms with Crippen LogP contribution >= 0.6 is 0 Å². The van der Waals surface area contributed by atoms with Crippen molar-refractivity contribution < 1.29 is 4.79 Å². The number of hydrogen-bond acceptors (Lipinski definition) is 4. The molecule has 2 aromatic rings. The summed E-state index contributed by atoms with van der Waals surface area (Å²) in [7, 11) is 0. The summed E-state index contributed by atoms with van der Waals surface area (Å²) in [6, 6.07) is 14.5. The maximum absolute atomic E-state index is 12.7. The molecule has 2 saturated heterocycles. The lowest BCUT2D eigenvalue weighted by Gasteiger charge is -2.36. The van der Waals surface area contributed by atoms with Gasteiger partial charge in [0.15, 0.2) is 0 Å². The molecular weight excluding hydrogens is 336 g/mol. The lowest BCUT2D eigenvalue weighted by molar-refractivity contribution is 0.0697. The van der Waals surface area contributed by atoms with Crippen molar-refractivity contribution in [1.82, 2.24) is 9.88 Å². The summed E-state index contributed by atoms with van der Waals surface area (Å²) >= 11 is 0. The Labute approximate surface area is 161 Å². The zero-order valence-corrected chi connectivity index (χ0v) is 16.1. The zero-order valence-electron chi connectivity index (χ0n) is 16.1. The number of carbonyl (C=O) groups excluding carboxylic acids is 1. The van der Waals surface area contributed by atoms with Crippen molar-refractivity contribution in [2.24, 2.45) is 5.92 Å². The van der Waals surface area contributed by atoms with Crippen LogP contribution in [0.4, 0.5) is 11.5 Å². The molecule has 4 rings (SSSR count). The van der Waals surface area contributed by atoms with Crippen molar-refractivity contribution in [2.75, 3.05) is 49.1 Å². The Morgan fingerprint density at radius 1 is 0.889 bits per heavy atom. The average Bonchev–Trinajstić information content (AvgIpc) is 2.75. The Morgan fingerprint density at radius 3 is 2.19 bits per heavy atom. The van der Waals surface area contributed by atoms with E-state index in [1.54, 1.807) is 6.20 Å². The van der Waals surface area contributed by atoms with Gasteiger partial charge in [-0.05, 0) is 43.0 Å². The molecule has 0 atom stereocenters. The molecule has 0 saturated carbocycles. The van der Waals surface area contributed by atoms with E-state index in [1.165, 1.54) is 5.69 Å². The summed E-state index contributed by atoms with van der Waals surface area (Å²) in [6.07, 6.45) is 3.95. The smallest absolute Gasteiger partial charge is 0.255 e. The highest BCUT2D eigenvalue weighted by molar-refractivity contribution is 5.94. The first kappa shape index (κ1) is 17.8. The number of benzene rings is 1. The second-order valence-electron chi connectivity index (χ2n) is 7.69. The molecule has 0 bridgehead atoms. The van der Waals surface area contributed by atoms with Crippen molar-refractivity contribution in [1.29, 1.82) is 0 Å². The average molecular weight is 364 g/mol. The van der Waals surface area contributed by atoms with Crippen LogP contribution in [0.25, 0.3) is 0 Å². The number of carbonyl (C=O) groups is 1. The fourth-order valence-corrected chi connectivity index (χ4v) is 3.93. The minimum absolute atomic E-state index is 0.120. The monoisotopic (exact) mass is 364 g/mol. The van der Waals surface area contributed by atoms with Crippen molar-refractivity contribution >= 4 is 17.4 Å². The van der Waals surface area contributed by atoms with Gasteiger partial charge in [0.2, 0.25) is 0 Å². The molecule has 0 spiro atoms. The van der Waals surface area contributed by atoms with Gasteiger partial charge in [-0.1, -0.05) is 25.1 Å². The molecule has 1 aromatic heterocycles. The third-order valence-electron chi connectivity index (χ3n) is 5.79. The maximum Gasteiger partial charge on any atom is 0.255 e. The molecular formula is C22H28N4O. The van der Waals surface area contributed by atoms with E-state index >= 15 is 0 Å². The van der Waals surface area contributed by atoms with E-state index in [-0.39, 0.29) is 5.91 Å². The molecule has 2 aliphatic rings. The number of nitrogens with zero attached hydrogens (tertiary/aromatic N) is 4. The number of amides is 1. The zero-order chi connectivity index (χ0) is 18.6. The number of piperidine rings is 1. The predicted octanol–water partition coefficient (Wildman–Crippen LogP) is 3.28. The van der Waals surface area contributed by atoms with Crippen LogP contribution in [0.2, 0.25) is 0 Å². The van der Waals surface area contributed by atoms with Gasteiger partial charge in [0.1, 0.15) is 5.82 Å². The Hall–Kier alpha value is -2.56. The summed E-state index contributed by atoms with van der Waals surface area (Å²) in [4.78, 5) is 23.9. The summed E-state index contributed by atoms with van der Waals surface area (Å²) in [5.41, 5.74) is 1.98. The standard InChI is InChI=1S/C22H28N4O/c1-18-9-11-26(12-10-18)22(27)19-7-8-21(23-17-19)25-15-13-24(14-16-25)20-5-3-2-4-6-20/h2-8,17-18H,9-16H2,1H3. The molecule has 3 heterocycles. The normalized spacial score (nSPS) is 18.6. The van der Waals surface area contributed by atoms with Crippen LogP contribution in [-0.2, 0) is 0 Å². The Bertz CT molecular complexity index is 746. The Balaban J connectivity index is 1.35. The van der Waals surface area contributed by atoms with Gasteiger partial charge in [0.05, 0.1) is 5.56 Å². The second-order valence-corrected chi connectivity index (χ2v) is 7.69. The first-order chi connectivity index (χ1) is 13.2. The van der Waals surface area contributed by atoms with Crippen molar-refractivity contribution in [3.05, 3.63) is 54.2 Å². The van der Waals surface area contributed by atoms with Crippen LogP contribution in [0.15, 0.2) is 48.7 Å². The fraction of sp³-hybridized carbons (Fsp3) is 0.455. The fourth-order valence-electron chi connectivity index (χ4n) is 3.93. The summed E-state index contributed by atoms with van der Waals surface area (Å²) in [5, 5.41) is 0. The molecule has 0 N–H and O–H groups in total. The highest BCUT2D eigenvalue weighted by Crippen LogP contribution is 2.21. The van der Waals surface area contributed by atoms with Crippen molar-refractivity contribution in [2.45, 2.75) is 19.8 Å². The highest BCUT2D eigenvalue weighted by Gasteiger charge is 2.22. The first-order valence-electron chi connectivity index (χ1n) is 10.0. The van der Waals surface area contributed by atoms with E-state index in [9.17, 15) is 4.79 Å². The molecule has 2 fully saturated rings. The lowest BCUT2D eigenvalue weighted by atomic mass is 9.99. The number of pyridine rings is 1. The predicted molar refractivity (Wildman–Crippen MR) is 109 cm³/mol. The molecule has 2 aliphatic heterocycles. The molecule has 0 unspecified atom stereocenters. The Morgan fingerprint density at radius 2 is 1.56 bits per heavy atom. The number of anilines is 2. The van der Waals surface area contributed by atoms with Gasteiger partial charge in [-0.25, -0.2) is 4.98 Å². The molecule has 142 valence electrons. The van der Waals surface area contributed by atoms with E-state index in [4.69, 9.17) is 0 Å². The van der Waals surface area contributed by atoms with Crippen LogP contribution in [-0.4, -0.2) is 55.1 Å². The molecule has 1 amide bonds. The van der Waals surface area contributed by atoms with Crippen LogP contribution in [0.3, 0.4) is 0 Å². The minimum Gasteiger partial charge on any atom is -0.368 e. The number of aromatic nitrogens is 1. The second kappa shape index (κ2) is 7.99. The van der Waals surface area contributed by atoms with E-state index in [0.717, 1.165) is 63.8 Å². The van der Waals surface area contributed by atoms with Gasteiger partial charge >= 0.3 is 0 Å². The SMILES string of the molecule is CC1CCN(C(=O)c2ccc(N3CCN(c4ccccc4)CC3)nc2)CC1. The third-order valence-corrected chi connectivity index (χ3v) is 5.79. The molecule has 0 radical (unpaired) electrons. The van der Waals surface area contributed by atoms with E-state index in [2.05, 4.69) is 52.0 Å². The number of likely N-dealkylation sites (tertiary alicyclic amines) is 1. The first-order valence-corrected chi connectivity index (χ1v) is 10.0. The van der Waals surface area contributed by atoms with Gasteiger partial charge in [0.25, 0.3) is 5.91 Å². The van der Waals surface area contributed by atoms with Gasteiger partial charge in [-0.15, -0.1) is 0 Å². The van der Waals surface area contributed by atoms with Crippen molar-refractivity contribution in [3.63, 3.8) is 0 Å². The molecule has 5 heteroatoms. The topological polar surface area (TPSA) is 39.7 Å². The van der Waals surface area contributed by atoms with E-state index in [0.29, 0.717) is 5.56 Å². The number of para-hydroxylation sites is 1. The lowest BCUT2D eigenvalue weighted by Crippen LogP contribution is -2.46. The molecule has 5 nitrogen and oxygen atoms in total. The quantitative estimate of drug-likeness (QED) is 0.838. The minimum atomic E-state index is 0.120. The third kappa shape index (κ3) is 4.07. The van der Waals surface area contributed by atoms with Crippen LogP contribution < -0.4 is 9.80 Å². The summed E-state index contributed by atoms with van der Waals surface area (Å²) in [5.74, 6) is 1.81. The van der Waals surface area contributed by atoms with E-state index < -0.39 is 0 Å². The molecule has 0 aliphatic carbocycles. The molecule has 27 heavy (non-hydrogen) atoms. The number of hydrogen-bond donors (Lipinski definition) is 0. The summed E-state index contributed by atoms with van der Waals surface area (Å²) in [6.45, 7) is 7.84. The Kier molecular flexibility index (Phi) is 5.28. The summed E-state index contributed by atoms with van der Waals surface area (Å²) < 4.78 is 0. The largest absolute Gasteiger partial charge is 0.368 e. The van der Waals surface area contributed by atoms with Gasteiger partial charge in [-0.3, -0.25) is 4.79 Å². The maximum atomic E-state index is 12.7. The van der Waals surface area contributed by atoms with Crippen LogP contribution in [0.1, 0.15) is 30.1 Å². The van der Waals surface area contributed by atoms with Crippen molar-refractivity contribution in [3.8, 4) is 0 Å². The molecule has 1 aromatic carbocycles. The van der Waals surface area contributed by atoms with Crippen LogP contribution in [0.5, 0.6) is 0 Å². The number of piperazine rings is 1. The van der Waals surface area contributed by atoms with Crippen LogP contribution in [0, 0.1) is 5.92 Å².